The van der Waals surface area contributed by atoms with E-state index in [1.807, 2.05) is 6.07 Å². The van der Waals surface area contributed by atoms with Gasteiger partial charge in [-0.1, -0.05) is 6.92 Å². The Kier molecular flexibility index (Phi) is 5.82. The van der Waals surface area contributed by atoms with Crippen LogP contribution in [0.15, 0.2) is 24.5 Å². The standard InChI is InChI=1S/C22H27FN6O/c1-15-10-17(28-19(30)11-22(23)4-6-25-7-5-22)14-29(13-15)18-3-2-16(12-24)20-21(18)27-9-8-26-20/h2-3,8-9,15,17,25H,4-7,10-11,13-14H2,1H3,(H,28,30). The second kappa shape index (κ2) is 8.52. The van der Waals surface area contributed by atoms with Gasteiger partial charge in [-0.05, 0) is 50.4 Å². The van der Waals surface area contributed by atoms with Crippen LogP contribution in [0.5, 0.6) is 0 Å². The number of halogens is 1. The maximum Gasteiger partial charge on any atom is 0.223 e. The minimum atomic E-state index is -1.41. The first kappa shape index (κ1) is 20.5. The van der Waals surface area contributed by atoms with E-state index < -0.39 is 5.67 Å². The van der Waals surface area contributed by atoms with Crippen LogP contribution in [0.25, 0.3) is 11.0 Å². The lowest BCUT2D eigenvalue weighted by Crippen LogP contribution is -2.52. The molecule has 2 aromatic rings. The molecule has 158 valence electrons. The van der Waals surface area contributed by atoms with Gasteiger partial charge >= 0.3 is 0 Å². The monoisotopic (exact) mass is 410 g/mol. The fourth-order valence-electron chi connectivity index (χ4n) is 4.66. The lowest BCUT2D eigenvalue weighted by atomic mass is 9.90. The van der Waals surface area contributed by atoms with Crippen LogP contribution in [-0.4, -0.2) is 53.8 Å². The highest BCUT2D eigenvalue weighted by atomic mass is 19.1. The van der Waals surface area contributed by atoms with Crippen molar-refractivity contribution in [3.63, 3.8) is 0 Å². The van der Waals surface area contributed by atoms with Crippen molar-refractivity contribution in [1.82, 2.24) is 20.6 Å². The summed E-state index contributed by atoms with van der Waals surface area (Å²) >= 11 is 0. The van der Waals surface area contributed by atoms with E-state index in [9.17, 15) is 14.4 Å². The third-order valence-electron chi connectivity index (χ3n) is 6.07. The lowest BCUT2D eigenvalue weighted by molar-refractivity contribution is -0.125. The number of hydrogen-bond acceptors (Lipinski definition) is 6. The number of nitriles is 1. The highest BCUT2D eigenvalue weighted by molar-refractivity contribution is 5.92. The van der Waals surface area contributed by atoms with Gasteiger partial charge in [0.05, 0.1) is 17.7 Å². The zero-order chi connectivity index (χ0) is 21.1. The van der Waals surface area contributed by atoms with Gasteiger partial charge in [-0.25, -0.2) is 4.39 Å². The van der Waals surface area contributed by atoms with Crippen molar-refractivity contribution in [2.45, 2.75) is 44.3 Å². The molecule has 1 amide bonds. The maximum atomic E-state index is 14.9. The number of alkyl halides is 1. The van der Waals surface area contributed by atoms with E-state index in [2.05, 4.69) is 38.5 Å². The van der Waals surface area contributed by atoms with Crippen molar-refractivity contribution in [3.8, 4) is 6.07 Å². The highest BCUT2D eigenvalue weighted by Gasteiger charge is 2.35. The van der Waals surface area contributed by atoms with Gasteiger partial charge in [0.1, 0.15) is 22.8 Å². The van der Waals surface area contributed by atoms with E-state index in [0.717, 1.165) is 18.7 Å². The van der Waals surface area contributed by atoms with Crippen molar-refractivity contribution >= 4 is 22.6 Å². The topological polar surface area (TPSA) is 93.9 Å². The molecule has 0 bridgehead atoms. The predicted molar refractivity (Wildman–Crippen MR) is 113 cm³/mol. The normalized spacial score (nSPS) is 23.7. The Balaban J connectivity index is 1.50. The first-order valence-electron chi connectivity index (χ1n) is 10.6. The van der Waals surface area contributed by atoms with E-state index in [0.29, 0.717) is 55.0 Å². The number of nitrogens with zero attached hydrogens (tertiary/aromatic N) is 4. The molecule has 3 heterocycles. The van der Waals surface area contributed by atoms with Crippen molar-refractivity contribution in [2.24, 2.45) is 5.92 Å². The van der Waals surface area contributed by atoms with Gasteiger partial charge < -0.3 is 15.5 Å². The molecule has 0 radical (unpaired) electrons. The third kappa shape index (κ3) is 4.36. The van der Waals surface area contributed by atoms with Crippen LogP contribution in [0.3, 0.4) is 0 Å². The number of nitrogens with one attached hydrogen (secondary N) is 2. The number of piperidine rings is 2. The highest BCUT2D eigenvalue weighted by Crippen LogP contribution is 2.31. The Bertz CT molecular complexity index is 968. The van der Waals surface area contributed by atoms with Gasteiger partial charge in [0.2, 0.25) is 5.91 Å². The van der Waals surface area contributed by atoms with Crippen LogP contribution in [0.2, 0.25) is 0 Å². The molecule has 1 aromatic carbocycles. The Hall–Kier alpha value is -2.79. The SMILES string of the molecule is CC1CC(NC(=O)CC2(F)CCNCC2)CN(c2ccc(C#N)c3nccnc23)C1. The summed E-state index contributed by atoms with van der Waals surface area (Å²) in [7, 11) is 0. The van der Waals surface area contributed by atoms with Gasteiger partial charge in [-0.2, -0.15) is 5.26 Å². The third-order valence-corrected chi connectivity index (χ3v) is 6.07. The molecule has 2 saturated heterocycles. The predicted octanol–water partition coefficient (Wildman–Crippen LogP) is 2.31. The molecular weight excluding hydrogens is 383 g/mol. The number of carbonyl (C=O) groups is 1. The number of anilines is 1. The average Bonchev–Trinajstić information content (AvgIpc) is 2.72. The molecule has 2 aliphatic rings. The van der Waals surface area contributed by atoms with Crippen LogP contribution >= 0.6 is 0 Å². The summed E-state index contributed by atoms with van der Waals surface area (Å²) in [4.78, 5) is 23.6. The van der Waals surface area contributed by atoms with Gasteiger partial charge in [-0.15, -0.1) is 0 Å². The van der Waals surface area contributed by atoms with Crippen LogP contribution in [0.1, 0.15) is 38.2 Å². The fraction of sp³-hybridized carbons (Fsp3) is 0.545. The Morgan fingerprint density at radius 2 is 2.03 bits per heavy atom. The van der Waals surface area contributed by atoms with Crippen molar-refractivity contribution in [2.75, 3.05) is 31.1 Å². The molecule has 2 aliphatic heterocycles. The van der Waals surface area contributed by atoms with E-state index in [-0.39, 0.29) is 18.4 Å². The van der Waals surface area contributed by atoms with Crippen molar-refractivity contribution < 1.29 is 9.18 Å². The lowest BCUT2D eigenvalue weighted by Gasteiger charge is -2.39. The minimum Gasteiger partial charge on any atom is -0.367 e. The average molecular weight is 410 g/mol. The number of carbonyl (C=O) groups excluding carboxylic acids is 1. The molecule has 2 unspecified atom stereocenters. The van der Waals surface area contributed by atoms with Crippen LogP contribution in [0.4, 0.5) is 10.1 Å². The second-order valence-electron chi connectivity index (χ2n) is 8.59. The molecule has 7 nitrogen and oxygen atoms in total. The molecule has 4 rings (SSSR count). The number of amides is 1. The number of benzene rings is 1. The summed E-state index contributed by atoms with van der Waals surface area (Å²) in [5, 5.41) is 15.6. The van der Waals surface area contributed by atoms with E-state index in [1.54, 1.807) is 18.5 Å². The van der Waals surface area contributed by atoms with Crippen LogP contribution < -0.4 is 15.5 Å². The molecule has 0 aliphatic carbocycles. The molecule has 1 aromatic heterocycles. The summed E-state index contributed by atoms with van der Waals surface area (Å²) in [6.45, 7) is 4.82. The summed E-state index contributed by atoms with van der Waals surface area (Å²) < 4.78 is 14.9. The van der Waals surface area contributed by atoms with E-state index in [1.165, 1.54) is 0 Å². The van der Waals surface area contributed by atoms with Crippen molar-refractivity contribution in [3.05, 3.63) is 30.1 Å². The fourth-order valence-corrected chi connectivity index (χ4v) is 4.66. The van der Waals surface area contributed by atoms with E-state index >= 15 is 0 Å². The minimum absolute atomic E-state index is 0.0612. The van der Waals surface area contributed by atoms with Gasteiger partial charge in [0.25, 0.3) is 0 Å². The Labute approximate surface area is 175 Å². The summed E-state index contributed by atoms with van der Waals surface area (Å²) in [6.07, 6.45) is 4.74. The zero-order valence-corrected chi connectivity index (χ0v) is 17.2. The van der Waals surface area contributed by atoms with E-state index in [4.69, 9.17) is 0 Å². The van der Waals surface area contributed by atoms with Gasteiger partial charge in [0.15, 0.2) is 0 Å². The van der Waals surface area contributed by atoms with Crippen LogP contribution in [0, 0.1) is 17.2 Å². The van der Waals surface area contributed by atoms with Gasteiger partial charge in [0, 0.05) is 31.5 Å². The summed E-state index contributed by atoms with van der Waals surface area (Å²) in [5.74, 6) is 0.132. The largest absolute Gasteiger partial charge is 0.367 e. The number of fused-ring (bicyclic) bond motifs is 1. The second-order valence-corrected chi connectivity index (χ2v) is 8.59. The Morgan fingerprint density at radius 3 is 2.77 bits per heavy atom. The molecule has 8 heteroatoms. The molecule has 2 N–H and O–H groups in total. The summed E-state index contributed by atoms with van der Waals surface area (Å²) in [5.41, 5.74) is 1.26. The van der Waals surface area contributed by atoms with Crippen LogP contribution in [-0.2, 0) is 4.79 Å². The zero-order valence-electron chi connectivity index (χ0n) is 17.2. The maximum absolute atomic E-state index is 14.9. The molecular formula is C22H27FN6O. The Morgan fingerprint density at radius 1 is 1.30 bits per heavy atom. The molecule has 2 atom stereocenters. The number of hydrogen-bond donors (Lipinski definition) is 2. The molecule has 0 spiro atoms. The smallest absolute Gasteiger partial charge is 0.223 e. The molecule has 30 heavy (non-hydrogen) atoms. The first-order valence-corrected chi connectivity index (χ1v) is 10.6. The number of rotatable bonds is 4. The first-order chi connectivity index (χ1) is 14.5. The quantitative estimate of drug-likeness (QED) is 0.803. The molecule has 0 saturated carbocycles. The summed E-state index contributed by atoms with van der Waals surface area (Å²) in [6, 6.07) is 5.77. The molecule has 2 fully saturated rings. The van der Waals surface area contributed by atoms with Gasteiger partial charge in [-0.3, -0.25) is 14.8 Å². The van der Waals surface area contributed by atoms with Crippen molar-refractivity contribution in [1.29, 1.82) is 5.26 Å². The number of aromatic nitrogens is 2.